The molecule has 2 rings (SSSR count). The normalized spacial score (nSPS) is 18.7. The van der Waals surface area contributed by atoms with Crippen LogP contribution in [0.2, 0.25) is 0 Å². The Morgan fingerprint density at radius 3 is 2.73 bits per heavy atom. The van der Waals surface area contributed by atoms with Gasteiger partial charge in [0.15, 0.2) is 0 Å². The molecule has 1 atom stereocenters. The molecule has 1 fully saturated rings. The molecule has 0 aromatic heterocycles. The highest BCUT2D eigenvalue weighted by molar-refractivity contribution is 5.71. The fourth-order valence-corrected chi connectivity index (χ4v) is 2.28. The van der Waals surface area contributed by atoms with E-state index in [1.807, 2.05) is 36.1 Å². The van der Waals surface area contributed by atoms with Gasteiger partial charge in [0, 0.05) is 13.1 Å². The van der Waals surface area contributed by atoms with E-state index in [1.165, 1.54) is 0 Å². The van der Waals surface area contributed by atoms with E-state index >= 15 is 0 Å². The lowest BCUT2D eigenvalue weighted by Gasteiger charge is -2.32. The maximum absolute atomic E-state index is 11.5. The van der Waals surface area contributed by atoms with Crippen molar-refractivity contribution < 1.29 is 23.7 Å². The number of rotatable bonds is 7. The molecule has 1 heterocycles. The van der Waals surface area contributed by atoms with Gasteiger partial charge in [-0.25, -0.2) is 0 Å². The van der Waals surface area contributed by atoms with Crippen LogP contribution >= 0.6 is 0 Å². The number of ether oxygens (including phenoxy) is 4. The second kappa shape index (κ2) is 8.60. The van der Waals surface area contributed by atoms with Gasteiger partial charge in [0.25, 0.3) is 0 Å². The number of esters is 1. The van der Waals surface area contributed by atoms with Crippen molar-refractivity contribution in [3.8, 4) is 11.5 Å². The van der Waals surface area contributed by atoms with Crippen LogP contribution in [0.3, 0.4) is 0 Å². The van der Waals surface area contributed by atoms with E-state index in [1.54, 1.807) is 7.11 Å². The van der Waals surface area contributed by atoms with Crippen LogP contribution in [0.15, 0.2) is 24.3 Å². The van der Waals surface area contributed by atoms with E-state index in [0.717, 1.165) is 18.0 Å². The Kier molecular flexibility index (Phi) is 6.48. The van der Waals surface area contributed by atoms with E-state index in [0.29, 0.717) is 32.9 Å². The Morgan fingerprint density at radius 2 is 2.05 bits per heavy atom. The Hall–Kier alpha value is -1.79. The summed E-state index contributed by atoms with van der Waals surface area (Å²) in [4.78, 5) is 13.5. The van der Waals surface area contributed by atoms with Gasteiger partial charge in [-0.1, -0.05) is 0 Å². The molecule has 0 aliphatic carbocycles. The van der Waals surface area contributed by atoms with Crippen molar-refractivity contribution in [2.24, 2.45) is 0 Å². The van der Waals surface area contributed by atoms with Gasteiger partial charge in [0.1, 0.15) is 24.2 Å². The van der Waals surface area contributed by atoms with E-state index in [2.05, 4.69) is 0 Å². The maximum Gasteiger partial charge on any atom is 0.320 e. The van der Waals surface area contributed by atoms with E-state index in [-0.39, 0.29) is 12.1 Å². The fraction of sp³-hybridized carbons (Fsp3) is 0.562. The molecule has 1 aromatic carbocycles. The highest BCUT2D eigenvalue weighted by Gasteiger charge is 2.23. The number of methoxy groups -OCH3 is 1. The Bertz CT molecular complexity index is 462. The molecule has 0 bridgehead atoms. The van der Waals surface area contributed by atoms with Gasteiger partial charge in [-0.15, -0.1) is 0 Å². The van der Waals surface area contributed by atoms with Crippen LogP contribution in [0, 0.1) is 0 Å². The largest absolute Gasteiger partial charge is 0.497 e. The molecule has 6 heteroatoms. The second-order valence-corrected chi connectivity index (χ2v) is 5.02. The molecule has 0 N–H and O–H groups in total. The lowest BCUT2D eigenvalue weighted by Crippen LogP contribution is -2.47. The summed E-state index contributed by atoms with van der Waals surface area (Å²) < 4.78 is 21.5. The van der Waals surface area contributed by atoms with Crippen molar-refractivity contribution in [2.45, 2.75) is 13.0 Å². The lowest BCUT2D eigenvalue weighted by atomic mass is 10.2. The van der Waals surface area contributed by atoms with Gasteiger partial charge in [0.05, 0.1) is 26.9 Å². The minimum absolute atomic E-state index is 0.0507. The van der Waals surface area contributed by atoms with Crippen LogP contribution in [0.4, 0.5) is 0 Å². The van der Waals surface area contributed by atoms with Crippen LogP contribution < -0.4 is 9.47 Å². The monoisotopic (exact) mass is 309 g/mol. The summed E-state index contributed by atoms with van der Waals surface area (Å²) in [6.45, 7) is 4.96. The number of carbonyl (C=O) groups excluding carboxylic acids is 1. The molecule has 0 amide bonds. The zero-order valence-corrected chi connectivity index (χ0v) is 13.1. The molecule has 1 aliphatic rings. The number of benzene rings is 1. The SMILES string of the molecule is CCOC(=O)CN1CCO[C@H](COc2ccc(OC)cc2)C1. The van der Waals surface area contributed by atoms with Gasteiger partial charge in [-0.3, -0.25) is 9.69 Å². The van der Waals surface area contributed by atoms with Gasteiger partial charge >= 0.3 is 5.97 Å². The predicted octanol–water partition coefficient (Wildman–Crippen LogP) is 1.34. The minimum Gasteiger partial charge on any atom is -0.497 e. The van der Waals surface area contributed by atoms with Crippen LogP contribution in [-0.4, -0.2) is 63.5 Å². The maximum atomic E-state index is 11.5. The predicted molar refractivity (Wildman–Crippen MR) is 81.3 cm³/mol. The zero-order chi connectivity index (χ0) is 15.8. The van der Waals surface area contributed by atoms with Crippen LogP contribution in [0.5, 0.6) is 11.5 Å². The number of morpholine rings is 1. The smallest absolute Gasteiger partial charge is 0.320 e. The Labute approximate surface area is 130 Å². The number of nitrogens with zero attached hydrogens (tertiary/aromatic N) is 1. The van der Waals surface area contributed by atoms with Crippen LogP contribution in [0.1, 0.15) is 6.92 Å². The summed E-state index contributed by atoms with van der Waals surface area (Å²) in [5, 5.41) is 0. The third kappa shape index (κ3) is 5.20. The van der Waals surface area contributed by atoms with E-state index < -0.39 is 0 Å². The molecule has 122 valence electrons. The summed E-state index contributed by atoms with van der Waals surface area (Å²) >= 11 is 0. The van der Waals surface area contributed by atoms with E-state index in [9.17, 15) is 4.79 Å². The molecule has 0 saturated carbocycles. The van der Waals surface area contributed by atoms with Crippen molar-refractivity contribution in [1.29, 1.82) is 0 Å². The molecular weight excluding hydrogens is 286 g/mol. The topological polar surface area (TPSA) is 57.2 Å². The van der Waals surface area contributed by atoms with Crippen molar-refractivity contribution in [2.75, 3.05) is 46.6 Å². The van der Waals surface area contributed by atoms with Gasteiger partial charge < -0.3 is 18.9 Å². The molecule has 6 nitrogen and oxygen atoms in total. The quantitative estimate of drug-likeness (QED) is 0.709. The molecule has 1 saturated heterocycles. The number of hydrogen-bond acceptors (Lipinski definition) is 6. The van der Waals surface area contributed by atoms with Crippen molar-refractivity contribution >= 4 is 5.97 Å². The van der Waals surface area contributed by atoms with Crippen molar-refractivity contribution in [1.82, 2.24) is 4.90 Å². The summed E-state index contributed by atoms with van der Waals surface area (Å²) in [5.74, 6) is 1.37. The molecule has 22 heavy (non-hydrogen) atoms. The average molecular weight is 309 g/mol. The molecule has 1 aliphatic heterocycles. The highest BCUT2D eigenvalue weighted by Crippen LogP contribution is 2.17. The summed E-state index contributed by atoms with van der Waals surface area (Å²) in [5.41, 5.74) is 0. The first-order valence-corrected chi connectivity index (χ1v) is 7.47. The van der Waals surface area contributed by atoms with Gasteiger partial charge in [-0.2, -0.15) is 0 Å². The highest BCUT2D eigenvalue weighted by atomic mass is 16.5. The molecule has 0 spiro atoms. The van der Waals surface area contributed by atoms with Crippen LogP contribution in [-0.2, 0) is 14.3 Å². The number of hydrogen-bond donors (Lipinski definition) is 0. The van der Waals surface area contributed by atoms with Gasteiger partial charge in [-0.05, 0) is 31.2 Å². The first-order valence-electron chi connectivity index (χ1n) is 7.47. The van der Waals surface area contributed by atoms with Crippen LogP contribution in [0.25, 0.3) is 0 Å². The molecule has 1 aromatic rings. The van der Waals surface area contributed by atoms with Crippen molar-refractivity contribution in [3.05, 3.63) is 24.3 Å². The van der Waals surface area contributed by atoms with Gasteiger partial charge in [0.2, 0.25) is 0 Å². The molecular formula is C16H23NO5. The third-order valence-electron chi connectivity index (χ3n) is 3.38. The lowest BCUT2D eigenvalue weighted by molar-refractivity contribution is -0.146. The Morgan fingerprint density at radius 1 is 1.32 bits per heavy atom. The zero-order valence-electron chi connectivity index (χ0n) is 13.1. The second-order valence-electron chi connectivity index (χ2n) is 5.02. The first-order chi connectivity index (χ1) is 10.7. The number of carbonyl (C=O) groups is 1. The minimum atomic E-state index is -0.195. The molecule has 0 radical (unpaired) electrons. The summed E-state index contributed by atoms with van der Waals surface area (Å²) in [6.07, 6.45) is -0.0507. The third-order valence-corrected chi connectivity index (χ3v) is 3.38. The molecule has 0 unspecified atom stereocenters. The van der Waals surface area contributed by atoms with Crippen molar-refractivity contribution in [3.63, 3.8) is 0 Å². The first kappa shape index (κ1) is 16.6. The summed E-state index contributed by atoms with van der Waals surface area (Å²) in [7, 11) is 1.63. The fourth-order valence-electron chi connectivity index (χ4n) is 2.28. The Balaban J connectivity index is 1.76. The average Bonchev–Trinajstić information content (AvgIpc) is 2.54. The summed E-state index contributed by atoms with van der Waals surface area (Å²) in [6, 6.07) is 7.42. The van der Waals surface area contributed by atoms with E-state index in [4.69, 9.17) is 18.9 Å². The standard InChI is InChI=1S/C16H23NO5/c1-3-20-16(18)11-17-8-9-21-15(10-17)12-22-14-6-4-13(19-2)5-7-14/h4-7,15H,3,8-12H2,1-2H3/t15-/m0/s1.